The van der Waals surface area contributed by atoms with Crippen LogP contribution in [-0.2, 0) is 11.3 Å². The zero-order valence-electron chi connectivity index (χ0n) is 21.7. The van der Waals surface area contributed by atoms with Crippen LogP contribution in [0.15, 0.2) is 54.6 Å². The Bertz CT molecular complexity index is 1630. The summed E-state index contributed by atoms with van der Waals surface area (Å²) in [4.78, 5) is 25.3. The Balaban J connectivity index is 1.84. The van der Waals surface area contributed by atoms with Crippen LogP contribution in [0.25, 0.3) is 10.9 Å². The second-order valence-corrected chi connectivity index (χ2v) is 10.5. The maximum Gasteiger partial charge on any atom is 0.573 e. The van der Waals surface area contributed by atoms with Gasteiger partial charge < -0.3 is 19.1 Å². The van der Waals surface area contributed by atoms with Gasteiger partial charge in [0.15, 0.2) is 11.9 Å². The Hall–Kier alpha value is -3.40. The van der Waals surface area contributed by atoms with Gasteiger partial charge in [0.05, 0.1) is 16.1 Å². The third kappa shape index (κ3) is 6.92. The van der Waals surface area contributed by atoms with Gasteiger partial charge in [-0.1, -0.05) is 48.1 Å². The number of ketones is 1. The molecule has 0 saturated carbocycles. The number of carboxylic acids is 1. The van der Waals surface area contributed by atoms with Crippen LogP contribution in [-0.4, -0.2) is 33.9 Å². The summed E-state index contributed by atoms with van der Waals surface area (Å²) < 4.78 is 50.5. The minimum absolute atomic E-state index is 0.0149. The molecule has 0 saturated heterocycles. The molecule has 0 aliphatic carbocycles. The van der Waals surface area contributed by atoms with Crippen molar-refractivity contribution in [3.63, 3.8) is 0 Å². The molecular weight excluding hydrogens is 606 g/mol. The zero-order chi connectivity index (χ0) is 30.1. The minimum atomic E-state index is -4.93. The highest BCUT2D eigenvalue weighted by atomic mass is 35.5. The molecule has 0 spiro atoms. The molecule has 41 heavy (non-hydrogen) atoms. The summed E-state index contributed by atoms with van der Waals surface area (Å²) in [6.07, 6.45) is -5.12. The Morgan fingerprint density at radius 2 is 1.68 bits per heavy atom. The number of carboxylic acid groups (broad SMARTS) is 1. The van der Waals surface area contributed by atoms with Crippen LogP contribution in [0.1, 0.15) is 46.9 Å². The lowest BCUT2D eigenvalue weighted by Gasteiger charge is -2.17. The SMILES string of the molecule is CCCC(Oc1ccc(Cl)c(Cn2c(C)c(C(=O)c3ccc(Cl)cc3Cl)c3ccc(OC(F)(F)F)cc32)c1)C(=O)O. The number of carbonyl (C=O) groups is 2. The standard InChI is InChI=1S/C29H23Cl3F3NO5/c1-3-4-25(28(38)39)40-18-7-10-22(31)16(11-18)14-36-15(2)26(27(37)20-8-5-17(30)12-23(20)32)21-9-6-19(13-24(21)36)41-29(33,34)35/h5-13,25H,3-4,14H2,1-2H3,(H,38,39). The molecule has 216 valence electrons. The number of fused-ring (bicyclic) bond motifs is 1. The first kappa shape index (κ1) is 30.6. The van der Waals surface area contributed by atoms with Crippen molar-refractivity contribution in [3.05, 3.63) is 92.0 Å². The summed E-state index contributed by atoms with van der Waals surface area (Å²) in [5.41, 5.74) is 1.57. The third-order valence-corrected chi connectivity index (χ3v) is 7.30. The molecular formula is C29H23Cl3F3NO5. The van der Waals surface area contributed by atoms with E-state index in [2.05, 4.69) is 4.74 Å². The van der Waals surface area contributed by atoms with E-state index in [1.807, 2.05) is 6.92 Å². The van der Waals surface area contributed by atoms with Gasteiger partial charge >= 0.3 is 12.3 Å². The smallest absolute Gasteiger partial charge is 0.479 e. The van der Waals surface area contributed by atoms with Crippen molar-refractivity contribution in [2.75, 3.05) is 0 Å². The maximum absolute atomic E-state index is 13.7. The number of aliphatic carboxylic acids is 1. The Morgan fingerprint density at radius 3 is 2.32 bits per heavy atom. The van der Waals surface area contributed by atoms with Crippen LogP contribution in [0.3, 0.4) is 0 Å². The number of benzene rings is 3. The molecule has 0 fully saturated rings. The summed E-state index contributed by atoms with van der Waals surface area (Å²) in [5, 5.41) is 10.6. The van der Waals surface area contributed by atoms with Gasteiger partial charge in [0.2, 0.25) is 0 Å². The largest absolute Gasteiger partial charge is 0.573 e. The molecule has 4 rings (SSSR count). The molecule has 0 radical (unpaired) electrons. The van der Waals surface area contributed by atoms with Crippen molar-refractivity contribution in [1.82, 2.24) is 4.57 Å². The number of alkyl halides is 3. The van der Waals surface area contributed by atoms with E-state index in [0.29, 0.717) is 33.1 Å². The van der Waals surface area contributed by atoms with Gasteiger partial charge in [-0.2, -0.15) is 0 Å². The first-order valence-corrected chi connectivity index (χ1v) is 13.5. The van der Waals surface area contributed by atoms with E-state index in [4.69, 9.17) is 39.5 Å². The van der Waals surface area contributed by atoms with E-state index in [1.165, 1.54) is 42.5 Å². The topological polar surface area (TPSA) is 77.8 Å². The number of halogens is 6. The molecule has 6 nitrogen and oxygen atoms in total. The number of nitrogens with zero attached hydrogens (tertiary/aromatic N) is 1. The summed E-state index contributed by atoms with van der Waals surface area (Å²) in [6, 6.07) is 12.7. The van der Waals surface area contributed by atoms with E-state index in [0.717, 1.165) is 6.07 Å². The zero-order valence-corrected chi connectivity index (χ0v) is 24.0. The van der Waals surface area contributed by atoms with Crippen molar-refractivity contribution in [3.8, 4) is 11.5 Å². The molecule has 0 bridgehead atoms. The second kappa shape index (κ2) is 12.2. The minimum Gasteiger partial charge on any atom is -0.479 e. The van der Waals surface area contributed by atoms with Crippen molar-refractivity contribution in [2.24, 2.45) is 0 Å². The van der Waals surface area contributed by atoms with Gasteiger partial charge in [0, 0.05) is 39.3 Å². The third-order valence-electron chi connectivity index (χ3n) is 6.38. The lowest BCUT2D eigenvalue weighted by molar-refractivity contribution is -0.274. The van der Waals surface area contributed by atoms with E-state index < -0.39 is 30.0 Å². The van der Waals surface area contributed by atoms with Crippen LogP contribution >= 0.6 is 34.8 Å². The Morgan fingerprint density at radius 1 is 0.976 bits per heavy atom. The number of carbonyl (C=O) groups excluding carboxylic acids is 1. The maximum atomic E-state index is 13.7. The molecule has 1 atom stereocenters. The molecule has 4 aromatic rings. The van der Waals surface area contributed by atoms with Gasteiger partial charge in [-0.15, -0.1) is 13.2 Å². The first-order chi connectivity index (χ1) is 19.3. The highest BCUT2D eigenvalue weighted by Crippen LogP contribution is 2.36. The normalized spacial score (nSPS) is 12.4. The van der Waals surface area contributed by atoms with Gasteiger partial charge in [-0.25, -0.2) is 4.79 Å². The molecule has 0 aliphatic rings. The predicted molar refractivity (Wildman–Crippen MR) is 151 cm³/mol. The van der Waals surface area contributed by atoms with Crippen molar-refractivity contribution in [1.29, 1.82) is 0 Å². The van der Waals surface area contributed by atoms with Gasteiger partial charge in [0.1, 0.15) is 11.5 Å². The van der Waals surface area contributed by atoms with Crippen molar-refractivity contribution >= 4 is 57.5 Å². The quantitative estimate of drug-likeness (QED) is 0.178. The lowest BCUT2D eigenvalue weighted by Crippen LogP contribution is -2.26. The number of aromatic nitrogens is 1. The van der Waals surface area contributed by atoms with Gasteiger partial charge in [0.25, 0.3) is 0 Å². The fraction of sp³-hybridized carbons (Fsp3) is 0.241. The number of rotatable bonds is 10. The summed E-state index contributed by atoms with van der Waals surface area (Å²) >= 11 is 18.8. The van der Waals surface area contributed by atoms with Crippen molar-refractivity contribution < 1.29 is 37.3 Å². The molecule has 1 N–H and O–H groups in total. The van der Waals surface area contributed by atoms with Crippen LogP contribution in [0, 0.1) is 6.92 Å². The fourth-order valence-electron chi connectivity index (χ4n) is 4.53. The van der Waals surface area contributed by atoms with E-state index >= 15 is 0 Å². The average Bonchev–Trinajstić information content (AvgIpc) is 3.14. The molecule has 0 aliphatic heterocycles. The van der Waals surface area contributed by atoms with Crippen LogP contribution in [0.2, 0.25) is 15.1 Å². The first-order valence-electron chi connectivity index (χ1n) is 12.3. The van der Waals surface area contributed by atoms with E-state index in [9.17, 15) is 27.9 Å². The van der Waals surface area contributed by atoms with Crippen LogP contribution in [0.5, 0.6) is 11.5 Å². The van der Waals surface area contributed by atoms with Crippen molar-refractivity contribution in [2.45, 2.75) is 45.7 Å². The predicted octanol–water partition coefficient (Wildman–Crippen LogP) is 8.72. The number of hydrogen-bond acceptors (Lipinski definition) is 4. The highest BCUT2D eigenvalue weighted by molar-refractivity contribution is 6.38. The van der Waals surface area contributed by atoms with Crippen LogP contribution in [0.4, 0.5) is 13.2 Å². The molecule has 1 unspecified atom stereocenters. The lowest BCUT2D eigenvalue weighted by atomic mass is 10.0. The highest BCUT2D eigenvalue weighted by Gasteiger charge is 2.32. The number of hydrogen-bond donors (Lipinski definition) is 1. The monoisotopic (exact) mass is 627 g/mol. The summed E-state index contributed by atoms with van der Waals surface area (Å²) in [5.74, 6) is -1.79. The van der Waals surface area contributed by atoms with E-state index in [-0.39, 0.29) is 40.4 Å². The van der Waals surface area contributed by atoms with E-state index in [1.54, 1.807) is 17.6 Å². The molecule has 12 heteroatoms. The van der Waals surface area contributed by atoms with Gasteiger partial charge in [-0.05, 0) is 67.4 Å². The molecule has 3 aromatic carbocycles. The fourth-order valence-corrected chi connectivity index (χ4v) is 5.20. The Kier molecular flexibility index (Phi) is 9.11. The van der Waals surface area contributed by atoms with Crippen LogP contribution < -0.4 is 9.47 Å². The summed E-state index contributed by atoms with van der Waals surface area (Å²) in [6.45, 7) is 3.50. The summed E-state index contributed by atoms with van der Waals surface area (Å²) in [7, 11) is 0. The average molecular weight is 629 g/mol. The second-order valence-electron chi connectivity index (χ2n) is 9.21. The number of ether oxygens (including phenoxy) is 2. The molecule has 1 heterocycles. The Labute approximate surface area is 248 Å². The van der Waals surface area contributed by atoms with Gasteiger partial charge in [-0.3, -0.25) is 4.79 Å². The molecule has 0 amide bonds. The molecule has 1 aromatic heterocycles.